The fraction of sp³-hybridized carbons (Fsp3) is 0.500. The first-order valence-corrected chi connectivity index (χ1v) is 7.42. The predicted molar refractivity (Wildman–Crippen MR) is 76.6 cm³/mol. The first-order chi connectivity index (χ1) is 11.3. The first kappa shape index (κ1) is 19.3. The zero-order chi connectivity index (χ0) is 19.2. The molecule has 2 amide bonds. The average molecular weight is 367 g/mol. The van der Waals surface area contributed by atoms with E-state index in [9.17, 15) is 35.9 Å². The number of hydrogen-bond donors (Lipinski definition) is 0. The van der Waals surface area contributed by atoms with Gasteiger partial charge in [-0.2, -0.15) is 26.3 Å². The maximum Gasteiger partial charge on any atom is 0.416 e. The quantitative estimate of drug-likeness (QED) is 0.557. The van der Waals surface area contributed by atoms with E-state index in [1.807, 2.05) is 0 Å². The van der Waals surface area contributed by atoms with Crippen LogP contribution in [0, 0.1) is 5.41 Å². The molecule has 1 saturated heterocycles. The summed E-state index contributed by atoms with van der Waals surface area (Å²) in [6, 6.07) is 0.734. The van der Waals surface area contributed by atoms with Gasteiger partial charge in [-0.3, -0.25) is 14.5 Å². The average Bonchev–Trinajstić information content (AvgIpc) is 2.44. The molecular formula is C16H15F6NO2. The number of alkyl halides is 6. The first-order valence-electron chi connectivity index (χ1n) is 7.42. The summed E-state index contributed by atoms with van der Waals surface area (Å²) < 4.78 is 77.5. The van der Waals surface area contributed by atoms with Crippen molar-refractivity contribution < 1.29 is 35.9 Å². The number of piperidine rings is 1. The van der Waals surface area contributed by atoms with E-state index in [2.05, 4.69) is 0 Å². The number of hydrogen-bond acceptors (Lipinski definition) is 2. The van der Waals surface area contributed by atoms with Gasteiger partial charge in [-0.25, -0.2) is 0 Å². The molecule has 0 unspecified atom stereocenters. The highest BCUT2D eigenvalue weighted by Crippen LogP contribution is 2.41. The highest BCUT2D eigenvalue weighted by molar-refractivity contribution is 6.17. The number of anilines is 1. The second kappa shape index (κ2) is 6.03. The summed E-state index contributed by atoms with van der Waals surface area (Å²) in [6.45, 7) is 3.43. The Balaban J connectivity index is 2.55. The van der Waals surface area contributed by atoms with Gasteiger partial charge in [0.25, 0.3) is 0 Å². The second-order valence-electron chi connectivity index (χ2n) is 6.40. The van der Waals surface area contributed by atoms with Gasteiger partial charge in [0.2, 0.25) is 11.8 Å². The van der Waals surface area contributed by atoms with Crippen molar-refractivity contribution in [2.75, 3.05) is 4.90 Å². The molecule has 0 aromatic heterocycles. The molecule has 0 radical (unpaired) electrons. The van der Waals surface area contributed by atoms with E-state index in [1.165, 1.54) is 0 Å². The zero-order valence-electron chi connectivity index (χ0n) is 13.4. The van der Waals surface area contributed by atoms with E-state index in [-0.39, 0.29) is 18.9 Å². The Morgan fingerprint density at radius 2 is 1.32 bits per heavy atom. The number of benzene rings is 1. The van der Waals surface area contributed by atoms with Crippen molar-refractivity contribution in [1.82, 2.24) is 0 Å². The van der Waals surface area contributed by atoms with Gasteiger partial charge in [-0.1, -0.05) is 13.8 Å². The van der Waals surface area contributed by atoms with Crippen molar-refractivity contribution in [3.8, 4) is 0 Å². The van der Waals surface area contributed by atoms with Crippen LogP contribution in [-0.4, -0.2) is 11.8 Å². The van der Waals surface area contributed by atoms with Gasteiger partial charge in [0.1, 0.15) is 0 Å². The Labute approximate surface area is 139 Å². The molecule has 9 heteroatoms. The van der Waals surface area contributed by atoms with Crippen LogP contribution in [0.5, 0.6) is 0 Å². The lowest BCUT2D eigenvalue weighted by atomic mass is 9.77. The highest BCUT2D eigenvalue weighted by atomic mass is 19.4. The number of nitrogens with zero attached hydrogens (tertiary/aromatic N) is 1. The monoisotopic (exact) mass is 367 g/mol. The van der Waals surface area contributed by atoms with E-state index in [1.54, 1.807) is 13.8 Å². The summed E-state index contributed by atoms with van der Waals surface area (Å²) in [6.07, 6.45) is -9.87. The third-order valence-corrected chi connectivity index (χ3v) is 4.34. The van der Waals surface area contributed by atoms with Gasteiger partial charge in [0.15, 0.2) is 0 Å². The van der Waals surface area contributed by atoms with Gasteiger partial charge in [-0.15, -0.1) is 0 Å². The lowest BCUT2D eigenvalue weighted by Gasteiger charge is -2.37. The van der Waals surface area contributed by atoms with Gasteiger partial charge in [-0.05, 0) is 30.0 Å². The fourth-order valence-electron chi connectivity index (χ4n) is 2.70. The SMILES string of the molecule is CCC1(C)CC(=O)N(c2cc(C(F)(F)F)cc(C(F)(F)F)c2)C(=O)C1. The summed E-state index contributed by atoms with van der Waals surface area (Å²) in [5.41, 5.74) is -4.50. The summed E-state index contributed by atoms with van der Waals surface area (Å²) in [5.74, 6) is -1.62. The van der Waals surface area contributed by atoms with Crippen molar-refractivity contribution >= 4 is 17.5 Å². The van der Waals surface area contributed by atoms with Crippen LogP contribution in [0.2, 0.25) is 0 Å². The molecule has 1 fully saturated rings. The zero-order valence-corrected chi connectivity index (χ0v) is 13.4. The number of rotatable bonds is 2. The topological polar surface area (TPSA) is 37.4 Å². The van der Waals surface area contributed by atoms with E-state index in [0.29, 0.717) is 23.5 Å². The Morgan fingerprint density at radius 1 is 0.920 bits per heavy atom. The van der Waals surface area contributed by atoms with Gasteiger partial charge in [0.05, 0.1) is 16.8 Å². The molecule has 0 saturated carbocycles. The number of halogens is 6. The third kappa shape index (κ3) is 3.96. The minimum Gasteiger partial charge on any atom is -0.274 e. The van der Waals surface area contributed by atoms with Crippen LogP contribution in [0.4, 0.5) is 32.0 Å². The third-order valence-electron chi connectivity index (χ3n) is 4.34. The van der Waals surface area contributed by atoms with Crippen LogP contribution in [-0.2, 0) is 21.9 Å². The molecule has 0 bridgehead atoms. The molecular weight excluding hydrogens is 352 g/mol. The van der Waals surface area contributed by atoms with E-state index in [4.69, 9.17) is 0 Å². The molecule has 2 rings (SSSR count). The van der Waals surface area contributed by atoms with Crippen molar-refractivity contribution in [3.63, 3.8) is 0 Å². The molecule has 3 nitrogen and oxygen atoms in total. The van der Waals surface area contributed by atoms with Crippen LogP contribution in [0.1, 0.15) is 44.2 Å². The van der Waals surface area contributed by atoms with Gasteiger partial charge in [0, 0.05) is 12.8 Å². The normalized spacial score (nSPS) is 18.6. The largest absolute Gasteiger partial charge is 0.416 e. The molecule has 1 aliphatic heterocycles. The number of amides is 2. The molecule has 0 aliphatic carbocycles. The van der Waals surface area contributed by atoms with Crippen LogP contribution >= 0.6 is 0 Å². The molecule has 1 aromatic rings. The molecule has 1 heterocycles. The Morgan fingerprint density at radius 3 is 1.64 bits per heavy atom. The Hall–Kier alpha value is -2.06. The molecule has 25 heavy (non-hydrogen) atoms. The number of carbonyl (C=O) groups excluding carboxylic acids is 2. The smallest absolute Gasteiger partial charge is 0.274 e. The summed E-state index contributed by atoms with van der Waals surface area (Å²) >= 11 is 0. The highest BCUT2D eigenvalue weighted by Gasteiger charge is 2.42. The summed E-state index contributed by atoms with van der Waals surface area (Å²) in [7, 11) is 0. The fourth-order valence-corrected chi connectivity index (χ4v) is 2.70. The van der Waals surface area contributed by atoms with Gasteiger partial charge >= 0.3 is 12.4 Å². The van der Waals surface area contributed by atoms with Crippen LogP contribution in [0.3, 0.4) is 0 Å². The lowest BCUT2D eigenvalue weighted by molar-refractivity contribution is -0.143. The van der Waals surface area contributed by atoms with E-state index < -0.39 is 46.4 Å². The van der Waals surface area contributed by atoms with Crippen LogP contribution in [0.15, 0.2) is 18.2 Å². The second-order valence-corrected chi connectivity index (χ2v) is 6.40. The van der Waals surface area contributed by atoms with Crippen LogP contribution < -0.4 is 4.90 Å². The van der Waals surface area contributed by atoms with Gasteiger partial charge < -0.3 is 0 Å². The Kier molecular flexibility index (Phi) is 4.65. The van der Waals surface area contributed by atoms with Crippen molar-refractivity contribution in [1.29, 1.82) is 0 Å². The molecule has 1 aromatic carbocycles. The number of imide groups is 1. The Bertz CT molecular complexity index is 657. The molecule has 0 spiro atoms. The lowest BCUT2D eigenvalue weighted by Crippen LogP contribution is -2.47. The van der Waals surface area contributed by atoms with Crippen molar-refractivity contribution in [2.24, 2.45) is 5.41 Å². The van der Waals surface area contributed by atoms with Crippen molar-refractivity contribution in [2.45, 2.75) is 45.5 Å². The number of carbonyl (C=O) groups is 2. The molecule has 0 N–H and O–H groups in total. The van der Waals surface area contributed by atoms with E-state index in [0.717, 1.165) is 0 Å². The minimum absolute atomic E-state index is 0.0431. The summed E-state index contributed by atoms with van der Waals surface area (Å²) in [5, 5.41) is 0. The maximum atomic E-state index is 12.9. The van der Waals surface area contributed by atoms with Crippen LogP contribution in [0.25, 0.3) is 0 Å². The summed E-state index contributed by atoms with van der Waals surface area (Å²) in [4.78, 5) is 24.9. The van der Waals surface area contributed by atoms with E-state index >= 15 is 0 Å². The molecule has 0 atom stereocenters. The molecule has 138 valence electrons. The van der Waals surface area contributed by atoms with Crippen molar-refractivity contribution in [3.05, 3.63) is 29.3 Å². The maximum absolute atomic E-state index is 12.9. The standard InChI is InChI=1S/C16H15F6NO2/c1-3-14(2)7-12(24)23(13(25)8-14)11-5-9(15(17,18)19)4-10(6-11)16(20,21)22/h4-6H,3,7-8H2,1-2H3. The predicted octanol–water partition coefficient (Wildman–Crippen LogP) is 4.79. The molecule has 1 aliphatic rings. The minimum atomic E-state index is -5.05.